The first-order valence-corrected chi connectivity index (χ1v) is 7.69. The van der Waals surface area contributed by atoms with Crippen LogP contribution in [0, 0.1) is 5.82 Å². The van der Waals surface area contributed by atoms with Gasteiger partial charge in [0, 0.05) is 11.6 Å². The third kappa shape index (κ3) is 3.33. The van der Waals surface area contributed by atoms with Crippen LogP contribution >= 0.6 is 0 Å². The molecule has 1 N–H and O–H groups in total. The van der Waals surface area contributed by atoms with E-state index in [9.17, 15) is 4.39 Å². The van der Waals surface area contributed by atoms with Gasteiger partial charge < -0.3 is 5.32 Å². The van der Waals surface area contributed by atoms with Gasteiger partial charge in [0.05, 0.1) is 0 Å². The lowest BCUT2D eigenvalue weighted by atomic mass is 9.94. The van der Waals surface area contributed by atoms with Gasteiger partial charge in [-0.2, -0.15) is 0 Å². The van der Waals surface area contributed by atoms with E-state index in [2.05, 4.69) is 38.2 Å². The molecule has 112 valence electrons. The molecule has 1 atom stereocenters. The summed E-state index contributed by atoms with van der Waals surface area (Å²) in [5.41, 5.74) is 5.41. The minimum absolute atomic E-state index is 0.159. The van der Waals surface area contributed by atoms with Gasteiger partial charge in [0.25, 0.3) is 0 Å². The maximum atomic E-state index is 14.2. The third-order valence-electron chi connectivity index (χ3n) is 4.20. The van der Waals surface area contributed by atoms with Crippen molar-refractivity contribution in [3.8, 4) is 11.1 Å². The number of benzene rings is 2. The van der Waals surface area contributed by atoms with E-state index in [1.165, 1.54) is 11.1 Å². The molecule has 0 aliphatic heterocycles. The topological polar surface area (TPSA) is 12.0 Å². The summed E-state index contributed by atoms with van der Waals surface area (Å²) < 4.78 is 14.2. The summed E-state index contributed by atoms with van der Waals surface area (Å²) >= 11 is 0. The molecular formula is C19H24FN. The van der Waals surface area contributed by atoms with Crippen molar-refractivity contribution < 1.29 is 4.39 Å². The van der Waals surface area contributed by atoms with Gasteiger partial charge in [-0.25, -0.2) is 4.39 Å². The van der Waals surface area contributed by atoms with E-state index in [0.717, 1.165) is 24.0 Å². The van der Waals surface area contributed by atoms with Gasteiger partial charge in [0.15, 0.2) is 0 Å². The number of aryl methyl sites for hydroxylation is 2. The Morgan fingerprint density at radius 2 is 1.71 bits per heavy atom. The molecule has 0 saturated heterocycles. The zero-order valence-electron chi connectivity index (χ0n) is 13.3. The molecule has 0 heterocycles. The average Bonchev–Trinajstić information content (AvgIpc) is 2.53. The highest BCUT2D eigenvalue weighted by molar-refractivity contribution is 5.66. The van der Waals surface area contributed by atoms with Crippen molar-refractivity contribution in [3.63, 3.8) is 0 Å². The summed E-state index contributed by atoms with van der Waals surface area (Å²) in [5.74, 6) is -0.159. The van der Waals surface area contributed by atoms with E-state index >= 15 is 0 Å². The fraction of sp³-hybridized carbons (Fsp3) is 0.368. The van der Waals surface area contributed by atoms with Gasteiger partial charge in [-0.3, -0.25) is 0 Å². The first-order chi connectivity index (χ1) is 10.1. The van der Waals surface area contributed by atoms with E-state index in [1.807, 2.05) is 25.2 Å². The predicted octanol–water partition coefficient (Wildman–Crippen LogP) is 4.90. The lowest BCUT2D eigenvalue weighted by Gasteiger charge is -2.14. The van der Waals surface area contributed by atoms with Gasteiger partial charge >= 0.3 is 0 Å². The molecule has 0 spiro atoms. The number of hydrogen-bond donors (Lipinski definition) is 1. The second kappa shape index (κ2) is 6.86. The van der Waals surface area contributed by atoms with Gasteiger partial charge in [-0.15, -0.1) is 0 Å². The second-order valence-corrected chi connectivity index (χ2v) is 5.44. The normalized spacial score (nSPS) is 12.4. The van der Waals surface area contributed by atoms with Crippen molar-refractivity contribution in [2.24, 2.45) is 0 Å². The fourth-order valence-corrected chi connectivity index (χ4v) is 2.67. The summed E-state index contributed by atoms with van der Waals surface area (Å²) in [6.45, 7) is 6.38. The minimum Gasteiger partial charge on any atom is -0.313 e. The smallest absolute Gasteiger partial charge is 0.131 e. The summed E-state index contributed by atoms with van der Waals surface area (Å²) in [5, 5.41) is 3.20. The molecule has 2 aromatic rings. The van der Waals surface area contributed by atoms with Crippen LogP contribution in [0.3, 0.4) is 0 Å². The molecular weight excluding hydrogens is 261 g/mol. The number of rotatable bonds is 5. The maximum Gasteiger partial charge on any atom is 0.131 e. The average molecular weight is 285 g/mol. The summed E-state index contributed by atoms with van der Waals surface area (Å²) in [6, 6.07) is 11.9. The molecule has 2 aromatic carbocycles. The minimum atomic E-state index is -0.159. The van der Waals surface area contributed by atoms with E-state index in [1.54, 1.807) is 6.07 Å². The quantitative estimate of drug-likeness (QED) is 0.824. The van der Waals surface area contributed by atoms with E-state index in [4.69, 9.17) is 0 Å². The van der Waals surface area contributed by atoms with Crippen LogP contribution in [-0.4, -0.2) is 7.05 Å². The molecule has 21 heavy (non-hydrogen) atoms. The first kappa shape index (κ1) is 15.7. The summed E-state index contributed by atoms with van der Waals surface area (Å²) in [7, 11) is 1.92. The van der Waals surface area contributed by atoms with Gasteiger partial charge in [0.1, 0.15) is 5.82 Å². The number of nitrogens with one attached hydrogen (secondary N) is 1. The Labute approximate surface area is 127 Å². The Kier molecular flexibility index (Phi) is 5.13. The maximum absolute atomic E-state index is 14.2. The van der Waals surface area contributed by atoms with Crippen molar-refractivity contribution >= 4 is 0 Å². The molecule has 2 heteroatoms. The largest absolute Gasteiger partial charge is 0.313 e. The van der Waals surface area contributed by atoms with Crippen LogP contribution in [0.5, 0.6) is 0 Å². The molecule has 0 aromatic heterocycles. The van der Waals surface area contributed by atoms with Crippen LogP contribution in [0.25, 0.3) is 11.1 Å². The molecule has 1 nitrogen and oxygen atoms in total. The number of halogens is 1. The molecule has 0 amide bonds. The molecule has 0 aliphatic rings. The second-order valence-electron chi connectivity index (χ2n) is 5.44. The van der Waals surface area contributed by atoms with Crippen molar-refractivity contribution in [2.45, 2.75) is 39.7 Å². The van der Waals surface area contributed by atoms with Gasteiger partial charge in [-0.1, -0.05) is 38.1 Å². The Morgan fingerprint density at radius 3 is 2.33 bits per heavy atom. The highest BCUT2D eigenvalue weighted by atomic mass is 19.1. The lowest BCUT2D eigenvalue weighted by Crippen LogP contribution is -2.12. The lowest BCUT2D eigenvalue weighted by molar-refractivity contribution is 0.622. The zero-order valence-corrected chi connectivity index (χ0v) is 13.3. The van der Waals surface area contributed by atoms with E-state index < -0.39 is 0 Å². The van der Waals surface area contributed by atoms with E-state index in [-0.39, 0.29) is 11.9 Å². The molecule has 0 radical (unpaired) electrons. The monoisotopic (exact) mass is 285 g/mol. The molecule has 0 aliphatic carbocycles. The highest BCUT2D eigenvalue weighted by Crippen LogP contribution is 2.28. The molecule has 0 fully saturated rings. The van der Waals surface area contributed by atoms with E-state index in [0.29, 0.717) is 5.56 Å². The standard InChI is InChI=1S/C19H24FN/c1-5-14-7-8-17(11-15(14)6-2)18-12-16(13(3)21-4)9-10-19(18)20/h7-13,21H,5-6H2,1-4H3. The highest BCUT2D eigenvalue weighted by Gasteiger charge is 2.11. The Bertz CT molecular complexity index is 619. The van der Waals surface area contributed by atoms with Crippen LogP contribution in [0.1, 0.15) is 43.5 Å². The van der Waals surface area contributed by atoms with Crippen molar-refractivity contribution in [2.75, 3.05) is 7.05 Å². The number of hydrogen-bond acceptors (Lipinski definition) is 1. The molecule has 0 bridgehead atoms. The Balaban J connectivity index is 2.50. The first-order valence-electron chi connectivity index (χ1n) is 7.69. The summed E-state index contributed by atoms with van der Waals surface area (Å²) in [6.07, 6.45) is 1.99. The SMILES string of the molecule is CCc1ccc(-c2cc(C(C)NC)ccc2F)cc1CC. The van der Waals surface area contributed by atoms with Gasteiger partial charge in [-0.05, 0) is 61.2 Å². The Morgan fingerprint density at radius 1 is 1.00 bits per heavy atom. The molecule has 1 unspecified atom stereocenters. The van der Waals surface area contributed by atoms with Crippen LogP contribution in [0.15, 0.2) is 36.4 Å². The summed E-state index contributed by atoms with van der Waals surface area (Å²) in [4.78, 5) is 0. The van der Waals surface area contributed by atoms with Crippen LogP contribution in [0.2, 0.25) is 0 Å². The molecule has 0 saturated carbocycles. The Hall–Kier alpha value is -1.67. The van der Waals surface area contributed by atoms with Crippen LogP contribution in [0.4, 0.5) is 4.39 Å². The van der Waals surface area contributed by atoms with Crippen LogP contribution < -0.4 is 5.32 Å². The van der Waals surface area contributed by atoms with Crippen molar-refractivity contribution in [1.29, 1.82) is 0 Å². The van der Waals surface area contributed by atoms with Gasteiger partial charge in [0.2, 0.25) is 0 Å². The molecule has 2 rings (SSSR count). The third-order valence-corrected chi connectivity index (χ3v) is 4.20. The fourth-order valence-electron chi connectivity index (χ4n) is 2.67. The predicted molar refractivity (Wildman–Crippen MR) is 88.1 cm³/mol. The van der Waals surface area contributed by atoms with Crippen molar-refractivity contribution in [3.05, 3.63) is 58.9 Å². The van der Waals surface area contributed by atoms with Crippen molar-refractivity contribution in [1.82, 2.24) is 5.32 Å². The zero-order chi connectivity index (χ0) is 15.4. The van der Waals surface area contributed by atoms with Crippen LogP contribution in [-0.2, 0) is 12.8 Å².